The van der Waals surface area contributed by atoms with Gasteiger partial charge in [0.05, 0.1) is 17.5 Å². The van der Waals surface area contributed by atoms with Gasteiger partial charge in [-0.1, -0.05) is 0 Å². The molecule has 182 valence electrons. The van der Waals surface area contributed by atoms with Crippen LogP contribution in [-0.2, 0) is 0 Å². The highest BCUT2D eigenvalue weighted by atomic mass is 19.3. The number of aromatic amines is 1. The smallest absolute Gasteiger partial charge is 0.387 e. The first-order chi connectivity index (χ1) is 16.1. The fraction of sp³-hybridized carbons (Fsp3) is 0.391. The van der Waals surface area contributed by atoms with Crippen molar-refractivity contribution in [1.82, 2.24) is 25.6 Å². The first-order valence-electron chi connectivity index (χ1n) is 10.8. The number of H-pyrrole nitrogens is 1. The lowest BCUT2D eigenvalue weighted by molar-refractivity contribution is -0.0498. The van der Waals surface area contributed by atoms with E-state index in [0.29, 0.717) is 34.5 Å². The van der Waals surface area contributed by atoms with E-state index in [0.717, 1.165) is 13.0 Å². The van der Waals surface area contributed by atoms with Crippen LogP contribution in [0.25, 0.3) is 11.2 Å². The zero-order valence-corrected chi connectivity index (χ0v) is 19.6. The standard InChI is InChI=1S/C23H29F2N7O2/c1-23(2,3)32-21(33)15-11-29-20-19(15)31-17(12-30-20)18(26)14-10-13(34-22(24)25)6-7-16(14)28-9-5-8-27-4/h6-7,10-12,22,26-28H,5,8-9H2,1-4H3,(H,29,30)(H,32,33). The van der Waals surface area contributed by atoms with Crippen molar-refractivity contribution in [3.05, 3.63) is 47.4 Å². The van der Waals surface area contributed by atoms with Crippen LogP contribution in [0.3, 0.4) is 0 Å². The van der Waals surface area contributed by atoms with E-state index in [-0.39, 0.29) is 23.1 Å². The Morgan fingerprint density at radius 1 is 1.24 bits per heavy atom. The molecule has 1 amide bonds. The van der Waals surface area contributed by atoms with Gasteiger partial charge in [0.25, 0.3) is 5.91 Å². The summed E-state index contributed by atoms with van der Waals surface area (Å²) in [5.41, 5.74) is 1.60. The Morgan fingerprint density at radius 3 is 2.68 bits per heavy atom. The molecular weight excluding hydrogens is 444 g/mol. The molecule has 0 saturated heterocycles. The summed E-state index contributed by atoms with van der Waals surface area (Å²) in [5, 5.41) is 17.9. The Hall–Kier alpha value is -3.60. The van der Waals surface area contributed by atoms with Gasteiger partial charge in [0.15, 0.2) is 5.65 Å². The van der Waals surface area contributed by atoms with Crippen molar-refractivity contribution in [2.45, 2.75) is 39.3 Å². The number of carbonyl (C=O) groups excluding carboxylic acids is 1. The number of alkyl halides is 2. The number of fused-ring (bicyclic) bond motifs is 1. The number of hydrogen-bond donors (Lipinski definition) is 5. The number of halogens is 2. The molecule has 0 unspecified atom stereocenters. The van der Waals surface area contributed by atoms with Gasteiger partial charge in [0.1, 0.15) is 17.0 Å². The molecule has 5 N–H and O–H groups in total. The third-order valence-electron chi connectivity index (χ3n) is 4.77. The first-order valence-corrected chi connectivity index (χ1v) is 10.8. The molecule has 2 heterocycles. The van der Waals surface area contributed by atoms with E-state index < -0.39 is 12.2 Å². The molecule has 0 aliphatic heterocycles. The molecule has 0 saturated carbocycles. The molecular formula is C23H29F2N7O2. The van der Waals surface area contributed by atoms with Gasteiger partial charge in [0.2, 0.25) is 0 Å². The van der Waals surface area contributed by atoms with Crippen molar-refractivity contribution in [3.63, 3.8) is 0 Å². The van der Waals surface area contributed by atoms with Crippen molar-refractivity contribution < 1.29 is 18.3 Å². The van der Waals surface area contributed by atoms with Crippen LogP contribution in [0.1, 0.15) is 48.8 Å². The highest BCUT2D eigenvalue weighted by molar-refractivity contribution is 6.14. The number of carbonyl (C=O) groups is 1. The maximum atomic E-state index is 12.8. The van der Waals surface area contributed by atoms with E-state index in [1.165, 1.54) is 24.5 Å². The van der Waals surface area contributed by atoms with Gasteiger partial charge in [-0.2, -0.15) is 8.78 Å². The van der Waals surface area contributed by atoms with E-state index >= 15 is 0 Å². The number of hydrogen-bond acceptors (Lipinski definition) is 7. The zero-order chi connectivity index (χ0) is 24.9. The monoisotopic (exact) mass is 473 g/mol. The first kappa shape index (κ1) is 25.0. The van der Waals surface area contributed by atoms with E-state index in [1.807, 2.05) is 27.8 Å². The molecule has 0 radical (unpaired) electrons. The topological polar surface area (TPSA) is 128 Å². The average Bonchev–Trinajstić information content (AvgIpc) is 3.19. The second kappa shape index (κ2) is 10.6. The van der Waals surface area contributed by atoms with Gasteiger partial charge in [-0.3, -0.25) is 10.2 Å². The molecule has 3 rings (SSSR count). The van der Waals surface area contributed by atoms with Crippen molar-refractivity contribution >= 4 is 28.5 Å². The van der Waals surface area contributed by atoms with Crippen LogP contribution >= 0.6 is 0 Å². The number of anilines is 1. The molecule has 0 bridgehead atoms. The fourth-order valence-corrected chi connectivity index (χ4v) is 3.28. The zero-order valence-electron chi connectivity index (χ0n) is 19.6. The third-order valence-corrected chi connectivity index (χ3v) is 4.77. The fourth-order valence-electron chi connectivity index (χ4n) is 3.28. The summed E-state index contributed by atoms with van der Waals surface area (Å²) in [6, 6.07) is 4.37. The summed E-state index contributed by atoms with van der Waals surface area (Å²) < 4.78 is 30.1. The molecule has 0 spiro atoms. The Labute approximate surface area is 196 Å². The van der Waals surface area contributed by atoms with Crippen LogP contribution in [0.5, 0.6) is 5.75 Å². The number of amides is 1. The molecule has 0 aliphatic carbocycles. The summed E-state index contributed by atoms with van der Waals surface area (Å²) in [6.45, 7) is 4.01. The van der Waals surface area contributed by atoms with Gasteiger partial charge in [-0.25, -0.2) is 9.97 Å². The SMILES string of the molecule is CNCCCNc1ccc(OC(F)F)cc1C(=N)c1cnc2[nH]cc(C(=O)NC(C)(C)C)c2n1. The number of ether oxygens (including phenoxy) is 1. The van der Waals surface area contributed by atoms with Crippen LogP contribution in [0.15, 0.2) is 30.6 Å². The van der Waals surface area contributed by atoms with Crippen molar-refractivity contribution in [2.24, 2.45) is 0 Å². The second-order valence-corrected chi connectivity index (χ2v) is 8.70. The average molecular weight is 474 g/mol. The predicted octanol–water partition coefficient (Wildman–Crippen LogP) is 3.53. The van der Waals surface area contributed by atoms with Crippen LogP contribution in [0.4, 0.5) is 14.5 Å². The quantitative estimate of drug-likeness (QED) is 0.226. The molecule has 0 atom stereocenters. The molecule has 2 aromatic heterocycles. The minimum atomic E-state index is -2.99. The van der Waals surface area contributed by atoms with Gasteiger partial charge in [-0.15, -0.1) is 0 Å². The Morgan fingerprint density at radius 2 is 2.00 bits per heavy atom. The number of rotatable bonds is 10. The Bertz CT molecular complexity index is 1170. The van der Waals surface area contributed by atoms with Gasteiger partial charge in [-0.05, 0) is 59.0 Å². The number of nitrogens with one attached hydrogen (secondary N) is 5. The van der Waals surface area contributed by atoms with Gasteiger partial charge < -0.3 is 25.7 Å². The van der Waals surface area contributed by atoms with Crippen LogP contribution < -0.4 is 20.7 Å². The predicted molar refractivity (Wildman–Crippen MR) is 127 cm³/mol. The van der Waals surface area contributed by atoms with Crippen molar-refractivity contribution in [1.29, 1.82) is 5.41 Å². The van der Waals surface area contributed by atoms with E-state index in [4.69, 9.17) is 5.41 Å². The number of nitrogens with zero attached hydrogens (tertiary/aromatic N) is 2. The van der Waals surface area contributed by atoms with Crippen molar-refractivity contribution in [3.8, 4) is 5.75 Å². The van der Waals surface area contributed by atoms with Crippen LogP contribution in [0.2, 0.25) is 0 Å². The minimum Gasteiger partial charge on any atom is -0.435 e. The molecule has 3 aromatic rings. The Kier molecular flexibility index (Phi) is 7.77. The van der Waals surface area contributed by atoms with E-state index in [2.05, 4.69) is 35.6 Å². The lowest BCUT2D eigenvalue weighted by atomic mass is 10.0. The largest absolute Gasteiger partial charge is 0.435 e. The van der Waals surface area contributed by atoms with E-state index in [1.54, 1.807) is 6.07 Å². The lowest BCUT2D eigenvalue weighted by Gasteiger charge is -2.20. The molecule has 1 aromatic carbocycles. The second-order valence-electron chi connectivity index (χ2n) is 8.70. The summed E-state index contributed by atoms with van der Waals surface area (Å²) in [6.07, 6.45) is 3.74. The maximum Gasteiger partial charge on any atom is 0.387 e. The highest BCUT2D eigenvalue weighted by Gasteiger charge is 2.21. The lowest BCUT2D eigenvalue weighted by Crippen LogP contribution is -2.40. The minimum absolute atomic E-state index is 0.0476. The normalized spacial score (nSPS) is 11.6. The molecule has 9 nitrogen and oxygen atoms in total. The third kappa shape index (κ3) is 6.25. The molecule has 0 aliphatic rings. The number of benzene rings is 1. The Balaban J connectivity index is 1.97. The van der Waals surface area contributed by atoms with E-state index in [9.17, 15) is 13.6 Å². The van der Waals surface area contributed by atoms with Crippen molar-refractivity contribution in [2.75, 3.05) is 25.5 Å². The number of aromatic nitrogens is 3. The van der Waals surface area contributed by atoms with Crippen LogP contribution in [-0.4, -0.2) is 58.9 Å². The maximum absolute atomic E-state index is 12.8. The summed E-state index contributed by atoms with van der Waals surface area (Å²) >= 11 is 0. The summed E-state index contributed by atoms with van der Waals surface area (Å²) in [5.74, 6) is -0.396. The molecule has 11 heteroatoms. The summed E-state index contributed by atoms with van der Waals surface area (Å²) in [4.78, 5) is 24.4. The molecule has 34 heavy (non-hydrogen) atoms. The van der Waals surface area contributed by atoms with Gasteiger partial charge >= 0.3 is 6.61 Å². The molecule has 0 fully saturated rings. The van der Waals surface area contributed by atoms with Crippen LogP contribution in [0, 0.1) is 5.41 Å². The summed E-state index contributed by atoms with van der Waals surface area (Å²) in [7, 11) is 1.85. The highest BCUT2D eigenvalue weighted by Crippen LogP contribution is 2.26. The van der Waals surface area contributed by atoms with Gasteiger partial charge in [0, 0.05) is 29.5 Å².